The summed E-state index contributed by atoms with van der Waals surface area (Å²) in [5, 5.41) is 0.252. The van der Waals surface area contributed by atoms with E-state index in [1.807, 2.05) is 54.6 Å². The third-order valence-corrected chi connectivity index (χ3v) is 3.45. The SMILES string of the molecule is Nc1nc(=O)n(-c2ccc(-c3ccccc3)cc2)cc1Cl. The number of benzene rings is 2. The molecular weight excluding hydrogens is 286 g/mol. The standard InChI is InChI=1S/C16H12ClN3O/c17-14-10-20(16(21)19-15(14)18)13-8-6-12(7-9-13)11-4-2-1-3-5-11/h1-10H,(H2,18,19,21). The van der Waals surface area contributed by atoms with Crippen molar-refractivity contribution < 1.29 is 0 Å². The van der Waals surface area contributed by atoms with Gasteiger partial charge in [-0.2, -0.15) is 4.98 Å². The Balaban J connectivity index is 2.02. The summed E-state index contributed by atoms with van der Waals surface area (Å²) in [7, 11) is 0. The summed E-state index contributed by atoms with van der Waals surface area (Å²) in [6.07, 6.45) is 1.48. The van der Waals surface area contributed by atoms with Crippen molar-refractivity contribution >= 4 is 17.4 Å². The number of aromatic nitrogens is 2. The molecule has 0 aliphatic heterocycles. The second-order valence-corrected chi connectivity index (χ2v) is 4.95. The van der Waals surface area contributed by atoms with E-state index in [2.05, 4.69) is 4.98 Å². The van der Waals surface area contributed by atoms with Gasteiger partial charge in [-0.3, -0.25) is 4.57 Å². The van der Waals surface area contributed by atoms with Crippen molar-refractivity contribution in [1.82, 2.24) is 9.55 Å². The highest BCUT2D eigenvalue weighted by Gasteiger charge is 2.06. The van der Waals surface area contributed by atoms with Crippen LogP contribution < -0.4 is 11.4 Å². The molecule has 104 valence electrons. The van der Waals surface area contributed by atoms with Crippen molar-refractivity contribution in [3.05, 3.63) is 76.3 Å². The summed E-state index contributed by atoms with van der Waals surface area (Å²) < 4.78 is 1.37. The first-order valence-corrected chi connectivity index (χ1v) is 6.73. The molecule has 0 radical (unpaired) electrons. The monoisotopic (exact) mass is 297 g/mol. The van der Waals surface area contributed by atoms with E-state index in [0.717, 1.165) is 11.1 Å². The molecule has 0 saturated heterocycles. The van der Waals surface area contributed by atoms with Crippen LogP contribution >= 0.6 is 11.6 Å². The number of hydrogen-bond acceptors (Lipinski definition) is 3. The second-order valence-electron chi connectivity index (χ2n) is 4.54. The third-order valence-electron chi connectivity index (χ3n) is 3.16. The summed E-state index contributed by atoms with van der Waals surface area (Å²) in [5.74, 6) is 0.0406. The normalized spacial score (nSPS) is 10.5. The van der Waals surface area contributed by atoms with E-state index in [1.54, 1.807) is 0 Å². The average Bonchev–Trinajstić information content (AvgIpc) is 2.52. The minimum Gasteiger partial charge on any atom is -0.382 e. The maximum absolute atomic E-state index is 11.9. The molecule has 5 heteroatoms. The Morgan fingerprint density at radius 1 is 0.952 bits per heavy atom. The van der Waals surface area contributed by atoms with Gasteiger partial charge in [0.1, 0.15) is 5.82 Å². The maximum atomic E-state index is 11.9. The van der Waals surface area contributed by atoms with Crippen molar-refractivity contribution in [2.75, 3.05) is 5.73 Å². The van der Waals surface area contributed by atoms with Crippen LogP contribution in [0.3, 0.4) is 0 Å². The fraction of sp³-hybridized carbons (Fsp3) is 0. The van der Waals surface area contributed by atoms with Crippen molar-refractivity contribution in [3.8, 4) is 16.8 Å². The highest BCUT2D eigenvalue weighted by Crippen LogP contribution is 2.21. The van der Waals surface area contributed by atoms with Crippen molar-refractivity contribution in [1.29, 1.82) is 0 Å². The molecule has 0 aliphatic rings. The van der Waals surface area contributed by atoms with E-state index in [4.69, 9.17) is 17.3 Å². The molecule has 0 unspecified atom stereocenters. The first-order valence-electron chi connectivity index (χ1n) is 6.36. The van der Waals surface area contributed by atoms with Gasteiger partial charge in [0.25, 0.3) is 0 Å². The van der Waals surface area contributed by atoms with E-state index < -0.39 is 5.69 Å². The summed E-state index contributed by atoms with van der Waals surface area (Å²) in [6.45, 7) is 0. The fourth-order valence-electron chi connectivity index (χ4n) is 2.08. The summed E-state index contributed by atoms with van der Waals surface area (Å²) in [6, 6.07) is 17.6. The van der Waals surface area contributed by atoms with Gasteiger partial charge < -0.3 is 5.73 Å². The number of halogens is 1. The minimum atomic E-state index is -0.454. The molecule has 0 aliphatic carbocycles. The Morgan fingerprint density at radius 2 is 1.57 bits per heavy atom. The lowest BCUT2D eigenvalue weighted by molar-refractivity contribution is 0.920. The van der Waals surface area contributed by atoms with Crippen LogP contribution in [0.5, 0.6) is 0 Å². The number of rotatable bonds is 2. The number of hydrogen-bond donors (Lipinski definition) is 1. The largest absolute Gasteiger partial charge is 0.382 e. The fourth-order valence-corrected chi connectivity index (χ4v) is 2.21. The van der Waals surface area contributed by atoms with Crippen LogP contribution in [0.2, 0.25) is 5.02 Å². The quantitative estimate of drug-likeness (QED) is 0.790. The van der Waals surface area contributed by atoms with E-state index in [1.165, 1.54) is 10.8 Å². The summed E-state index contributed by atoms with van der Waals surface area (Å²) in [4.78, 5) is 15.5. The molecule has 0 spiro atoms. The lowest BCUT2D eigenvalue weighted by atomic mass is 10.1. The molecule has 3 aromatic rings. The Labute approximate surface area is 126 Å². The van der Waals surface area contributed by atoms with Crippen LogP contribution in [0.25, 0.3) is 16.8 Å². The van der Waals surface area contributed by atoms with Gasteiger partial charge in [-0.15, -0.1) is 0 Å². The molecule has 0 bridgehead atoms. The van der Waals surface area contributed by atoms with E-state index in [9.17, 15) is 4.79 Å². The predicted molar refractivity (Wildman–Crippen MR) is 84.7 cm³/mol. The molecule has 0 amide bonds. The van der Waals surface area contributed by atoms with Crippen LogP contribution in [0.1, 0.15) is 0 Å². The lowest BCUT2D eigenvalue weighted by Gasteiger charge is -2.08. The van der Waals surface area contributed by atoms with Crippen LogP contribution in [0, 0.1) is 0 Å². The van der Waals surface area contributed by atoms with Crippen molar-refractivity contribution in [2.45, 2.75) is 0 Å². The molecule has 0 saturated carbocycles. The number of nitrogen functional groups attached to an aromatic ring is 1. The van der Waals surface area contributed by atoms with Crippen LogP contribution in [0.4, 0.5) is 5.82 Å². The number of nitrogens with zero attached hydrogens (tertiary/aromatic N) is 2. The summed E-state index contributed by atoms with van der Waals surface area (Å²) in [5.41, 5.74) is 7.93. The zero-order valence-corrected chi connectivity index (χ0v) is 11.8. The van der Waals surface area contributed by atoms with Crippen molar-refractivity contribution in [3.63, 3.8) is 0 Å². The van der Waals surface area contributed by atoms with Gasteiger partial charge in [-0.05, 0) is 23.3 Å². The smallest absolute Gasteiger partial charge is 0.354 e. The van der Waals surface area contributed by atoms with Crippen molar-refractivity contribution in [2.24, 2.45) is 0 Å². The first-order chi connectivity index (χ1) is 10.1. The molecule has 2 N–H and O–H groups in total. The number of anilines is 1. The molecule has 21 heavy (non-hydrogen) atoms. The highest BCUT2D eigenvalue weighted by atomic mass is 35.5. The molecule has 1 aromatic heterocycles. The van der Waals surface area contributed by atoms with Gasteiger partial charge in [0, 0.05) is 6.20 Å². The van der Waals surface area contributed by atoms with Crippen LogP contribution in [-0.4, -0.2) is 9.55 Å². The predicted octanol–water partition coefficient (Wildman–Crippen LogP) is 3.14. The zero-order chi connectivity index (χ0) is 14.8. The van der Waals surface area contributed by atoms with E-state index in [-0.39, 0.29) is 10.8 Å². The zero-order valence-electron chi connectivity index (χ0n) is 11.0. The molecule has 0 atom stereocenters. The van der Waals surface area contributed by atoms with Gasteiger partial charge in [0.2, 0.25) is 0 Å². The Bertz CT molecular complexity index is 826. The third kappa shape index (κ3) is 2.66. The minimum absolute atomic E-state index is 0.0406. The van der Waals surface area contributed by atoms with Gasteiger partial charge in [-0.1, -0.05) is 54.1 Å². The first kappa shape index (κ1) is 13.4. The van der Waals surface area contributed by atoms with Crippen LogP contribution in [-0.2, 0) is 0 Å². The molecule has 0 fully saturated rings. The lowest BCUT2D eigenvalue weighted by Crippen LogP contribution is -2.22. The van der Waals surface area contributed by atoms with Gasteiger partial charge in [0.15, 0.2) is 0 Å². The molecular formula is C16H12ClN3O. The highest BCUT2D eigenvalue weighted by molar-refractivity contribution is 6.32. The maximum Gasteiger partial charge on any atom is 0.354 e. The molecule has 2 aromatic carbocycles. The summed E-state index contributed by atoms with van der Waals surface area (Å²) >= 11 is 5.92. The molecule has 4 nitrogen and oxygen atoms in total. The number of nitrogens with two attached hydrogens (primary N) is 1. The topological polar surface area (TPSA) is 60.9 Å². The average molecular weight is 298 g/mol. The van der Waals surface area contributed by atoms with E-state index in [0.29, 0.717) is 5.69 Å². The van der Waals surface area contributed by atoms with Crippen LogP contribution in [0.15, 0.2) is 65.6 Å². The Hall–Kier alpha value is -2.59. The van der Waals surface area contributed by atoms with Gasteiger partial charge >= 0.3 is 5.69 Å². The molecule has 3 rings (SSSR count). The van der Waals surface area contributed by atoms with E-state index >= 15 is 0 Å². The van der Waals surface area contributed by atoms with Gasteiger partial charge in [0.05, 0.1) is 10.7 Å². The Kier molecular flexibility index (Phi) is 3.46. The Morgan fingerprint density at radius 3 is 2.24 bits per heavy atom. The molecule has 1 heterocycles. The second kappa shape index (κ2) is 5.42. The van der Waals surface area contributed by atoms with Gasteiger partial charge in [-0.25, -0.2) is 4.79 Å².